The van der Waals surface area contributed by atoms with Crippen LogP contribution in [0.4, 0.5) is 0 Å². The van der Waals surface area contributed by atoms with Crippen LogP contribution in [0, 0.1) is 10.8 Å². The van der Waals surface area contributed by atoms with Crippen LogP contribution in [0.25, 0.3) is 0 Å². The molecule has 2 rings (SSSR count). The average Bonchev–Trinajstić information content (AvgIpc) is 2.49. The van der Waals surface area contributed by atoms with Crippen LogP contribution in [0.2, 0.25) is 5.02 Å². The summed E-state index contributed by atoms with van der Waals surface area (Å²) in [6, 6.07) is 18.6. The van der Waals surface area contributed by atoms with Gasteiger partial charge in [-0.2, -0.15) is 0 Å². The Morgan fingerprint density at radius 3 is 1.57 bits per heavy atom. The highest BCUT2D eigenvalue weighted by atomic mass is 35.5. The zero-order valence-corrected chi connectivity index (χ0v) is 12.1. The number of carbonyl (C=O) groups excluding carboxylic acids is 2. The molecule has 2 aromatic rings. The maximum Gasteiger partial charge on any atom is 0.231 e. The highest BCUT2D eigenvalue weighted by Gasteiger charge is 1.95. The minimum atomic E-state index is 0.750. The fourth-order valence-electron chi connectivity index (χ4n) is 1.58. The van der Waals surface area contributed by atoms with Gasteiger partial charge in [0.1, 0.15) is 0 Å². The van der Waals surface area contributed by atoms with Gasteiger partial charge in [-0.05, 0) is 36.1 Å². The Labute approximate surface area is 128 Å². The Balaban J connectivity index is 0.000000578. The number of rotatable bonds is 3. The van der Waals surface area contributed by atoms with Crippen molar-refractivity contribution in [1.82, 2.24) is 0 Å². The molecular formula is C16H15ClN2O2. The van der Waals surface area contributed by atoms with Crippen molar-refractivity contribution in [3.63, 3.8) is 0 Å². The first-order chi connectivity index (χ1) is 10.2. The normalized spacial score (nSPS) is 8.05. The molecule has 0 heterocycles. The molecule has 2 N–H and O–H groups in total. The third-order valence-corrected chi connectivity index (χ3v) is 2.71. The first-order valence-electron chi connectivity index (χ1n) is 6.04. The third kappa shape index (κ3) is 10.00. The van der Waals surface area contributed by atoms with Crippen molar-refractivity contribution >= 4 is 23.8 Å². The molecule has 0 aromatic heterocycles. The van der Waals surface area contributed by atoms with Crippen molar-refractivity contribution in [2.75, 3.05) is 0 Å². The minimum Gasteiger partial charge on any atom is -0.222 e. The van der Waals surface area contributed by atoms with Gasteiger partial charge in [-0.15, -0.1) is 0 Å². The number of hydrogen-bond donors (Lipinski definition) is 2. The van der Waals surface area contributed by atoms with E-state index in [4.69, 9.17) is 32.0 Å². The number of nitrogens with one attached hydrogen (secondary N) is 2. The summed E-state index contributed by atoms with van der Waals surface area (Å²) >= 11 is 5.83. The number of hydrogen-bond acceptors (Lipinski definition) is 4. The molecule has 0 aliphatic heterocycles. The standard InChI is InChI=1S/C14H13Cl.2CHNO/c15-14-10-8-13(9-11-14)7-6-12-4-2-1-3-5-12;2*2-1-3/h1-5,8-11H,6-7H2;2*2H. The van der Waals surface area contributed by atoms with Crippen LogP contribution < -0.4 is 0 Å². The summed E-state index contributed by atoms with van der Waals surface area (Å²) in [7, 11) is 0. The van der Waals surface area contributed by atoms with Crippen LogP contribution >= 0.6 is 11.6 Å². The van der Waals surface area contributed by atoms with Gasteiger partial charge in [0.05, 0.1) is 0 Å². The lowest BCUT2D eigenvalue weighted by Gasteiger charge is -2.01. The van der Waals surface area contributed by atoms with Crippen LogP contribution in [-0.4, -0.2) is 12.2 Å². The summed E-state index contributed by atoms with van der Waals surface area (Å²) in [4.78, 5) is 16.7. The molecule has 0 fully saturated rings. The maximum atomic E-state index is 8.35. The van der Waals surface area contributed by atoms with Crippen molar-refractivity contribution in [3.05, 3.63) is 70.7 Å². The summed E-state index contributed by atoms with van der Waals surface area (Å²) in [6.45, 7) is 0. The summed E-state index contributed by atoms with van der Waals surface area (Å²) in [5.41, 5.74) is 2.72. The van der Waals surface area contributed by atoms with E-state index < -0.39 is 0 Å². The van der Waals surface area contributed by atoms with Crippen LogP contribution in [0.5, 0.6) is 0 Å². The Morgan fingerprint density at radius 2 is 1.14 bits per heavy atom. The molecule has 0 saturated carbocycles. The Bertz CT molecular complexity index is 559. The van der Waals surface area contributed by atoms with Gasteiger partial charge in [0, 0.05) is 5.02 Å². The lowest BCUT2D eigenvalue weighted by Crippen LogP contribution is -1.90. The number of aryl methyl sites for hydroxylation is 2. The molecule has 0 atom stereocenters. The topological polar surface area (TPSA) is 81.8 Å². The Hall–Kier alpha value is -2.51. The molecule has 4 nitrogen and oxygen atoms in total. The van der Waals surface area contributed by atoms with E-state index in [2.05, 4.69) is 36.4 Å². The third-order valence-electron chi connectivity index (χ3n) is 2.46. The molecule has 5 heteroatoms. The SMILES string of the molecule is Clc1ccc(CCc2ccccc2)cc1.N=C=O.N=C=O. The second-order valence-corrected chi connectivity index (χ2v) is 4.25. The molecule has 21 heavy (non-hydrogen) atoms. The molecule has 0 aliphatic rings. The maximum absolute atomic E-state index is 8.35. The summed E-state index contributed by atoms with van der Waals surface area (Å²) in [5.74, 6) is 0. The molecule has 108 valence electrons. The van der Waals surface area contributed by atoms with Gasteiger partial charge in [0.2, 0.25) is 12.2 Å². The number of isocyanates is 2. The predicted octanol–water partition coefficient (Wildman–Crippen LogP) is 3.93. The molecule has 0 amide bonds. The lowest BCUT2D eigenvalue weighted by molar-refractivity contribution is 0.562. The fourth-order valence-corrected chi connectivity index (χ4v) is 1.71. The van der Waals surface area contributed by atoms with E-state index in [-0.39, 0.29) is 0 Å². The molecule has 0 radical (unpaired) electrons. The van der Waals surface area contributed by atoms with Gasteiger partial charge >= 0.3 is 0 Å². The van der Waals surface area contributed by atoms with E-state index in [1.165, 1.54) is 11.1 Å². The van der Waals surface area contributed by atoms with E-state index >= 15 is 0 Å². The highest BCUT2D eigenvalue weighted by molar-refractivity contribution is 6.30. The van der Waals surface area contributed by atoms with Crippen molar-refractivity contribution in [2.45, 2.75) is 12.8 Å². The molecule has 0 saturated heterocycles. The van der Waals surface area contributed by atoms with Gasteiger partial charge in [-0.3, -0.25) is 0 Å². The van der Waals surface area contributed by atoms with Crippen LogP contribution in [0.3, 0.4) is 0 Å². The van der Waals surface area contributed by atoms with Crippen LogP contribution in [0.1, 0.15) is 11.1 Å². The zero-order chi connectivity index (χ0) is 15.9. The van der Waals surface area contributed by atoms with E-state index in [0.29, 0.717) is 0 Å². The monoisotopic (exact) mass is 302 g/mol. The molecule has 0 unspecified atom stereocenters. The van der Waals surface area contributed by atoms with E-state index in [9.17, 15) is 0 Å². The fraction of sp³-hybridized carbons (Fsp3) is 0.125. The molecular weight excluding hydrogens is 288 g/mol. The lowest BCUT2D eigenvalue weighted by atomic mass is 10.0. The minimum absolute atomic E-state index is 0.750. The quantitative estimate of drug-likeness (QED) is 0.665. The van der Waals surface area contributed by atoms with Crippen molar-refractivity contribution < 1.29 is 9.59 Å². The van der Waals surface area contributed by atoms with Crippen LogP contribution in [-0.2, 0) is 22.4 Å². The average molecular weight is 303 g/mol. The van der Waals surface area contributed by atoms with Crippen molar-refractivity contribution in [3.8, 4) is 0 Å². The van der Waals surface area contributed by atoms with Crippen molar-refractivity contribution in [2.24, 2.45) is 0 Å². The molecule has 2 aromatic carbocycles. The largest absolute Gasteiger partial charge is 0.231 e. The van der Waals surface area contributed by atoms with Gasteiger partial charge < -0.3 is 0 Å². The smallest absolute Gasteiger partial charge is 0.222 e. The second-order valence-electron chi connectivity index (χ2n) is 3.82. The Morgan fingerprint density at radius 1 is 0.762 bits per heavy atom. The number of benzene rings is 2. The van der Waals surface area contributed by atoms with Crippen LogP contribution in [0.15, 0.2) is 54.6 Å². The zero-order valence-electron chi connectivity index (χ0n) is 11.3. The van der Waals surface area contributed by atoms with Gasteiger partial charge in [0.15, 0.2) is 0 Å². The van der Waals surface area contributed by atoms with Crippen molar-refractivity contribution in [1.29, 1.82) is 10.8 Å². The summed E-state index contributed by atoms with van der Waals surface area (Å²) < 4.78 is 0. The Kier molecular flexibility index (Phi) is 11.0. The van der Waals surface area contributed by atoms with Gasteiger partial charge in [-0.1, -0.05) is 54.1 Å². The van der Waals surface area contributed by atoms with E-state index in [1.807, 2.05) is 18.2 Å². The second kappa shape index (κ2) is 12.5. The first kappa shape index (κ1) is 18.5. The summed E-state index contributed by atoms with van der Waals surface area (Å²) in [6.07, 6.45) is 3.66. The number of halogens is 1. The van der Waals surface area contributed by atoms with E-state index in [1.54, 1.807) is 0 Å². The van der Waals surface area contributed by atoms with Gasteiger partial charge in [-0.25, -0.2) is 20.4 Å². The van der Waals surface area contributed by atoms with Gasteiger partial charge in [0.25, 0.3) is 0 Å². The predicted molar refractivity (Wildman–Crippen MR) is 82.1 cm³/mol. The van der Waals surface area contributed by atoms with E-state index in [0.717, 1.165) is 30.0 Å². The highest BCUT2D eigenvalue weighted by Crippen LogP contribution is 2.11. The summed E-state index contributed by atoms with van der Waals surface area (Å²) in [5, 5.41) is 11.6. The molecule has 0 aliphatic carbocycles. The first-order valence-corrected chi connectivity index (χ1v) is 6.41. The molecule has 0 spiro atoms. The molecule has 0 bridgehead atoms.